The smallest absolute Gasteiger partial charge is 0.337 e. The van der Waals surface area contributed by atoms with E-state index in [-0.39, 0.29) is 11.3 Å². The number of allylic oxidation sites excluding steroid dienone is 1. The number of anilines is 1. The number of para-hydroxylation sites is 1. The van der Waals surface area contributed by atoms with E-state index in [1.807, 2.05) is 6.07 Å². The van der Waals surface area contributed by atoms with Crippen molar-refractivity contribution in [1.82, 2.24) is 0 Å². The molecule has 2 aromatic rings. The molecule has 4 nitrogen and oxygen atoms in total. The van der Waals surface area contributed by atoms with Gasteiger partial charge in [0.1, 0.15) is 0 Å². The third-order valence-corrected chi connectivity index (χ3v) is 2.69. The summed E-state index contributed by atoms with van der Waals surface area (Å²) in [6, 6.07) is 15.4. The SMILES string of the molecule is O=C(/C=C/Nc1ccccc1C(=O)O)c1ccccc1. The Kier molecular flexibility index (Phi) is 4.29. The second kappa shape index (κ2) is 6.33. The molecule has 0 saturated carbocycles. The molecular formula is C16H13NO3. The first-order valence-corrected chi connectivity index (χ1v) is 6.03. The van der Waals surface area contributed by atoms with Crippen LogP contribution in [-0.2, 0) is 0 Å². The minimum absolute atomic E-state index is 0.147. The van der Waals surface area contributed by atoms with Crippen LogP contribution in [0.2, 0.25) is 0 Å². The molecule has 0 aromatic heterocycles. The Morgan fingerprint density at radius 2 is 1.60 bits per heavy atom. The highest BCUT2D eigenvalue weighted by atomic mass is 16.4. The van der Waals surface area contributed by atoms with E-state index in [0.717, 1.165) is 0 Å². The number of aromatic carboxylic acids is 1. The zero-order valence-electron chi connectivity index (χ0n) is 10.6. The van der Waals surface area contributed by atoms with Gasteiger partial charge in [0.05, 0.1) is 11.3 Å². The van der Waals surface area contributed by atoms with Crippen LogP contribution in [0.25, 0.3) is 0 Å². The third-order valence-electron chi connectivity index (χ3n) is 2.69. The average Bonchev–Trinajstić information content (AvgIpc) is 2.48. The van der Waals surface area contributed by atoms with Crippen LogP contribution in [0.5, 0.6) is 0 Å². The van der Waals surface area contributed by atoms with Crippen molar-refractivity contribution in [3.63, 3.8) is 0 Å². The molecule has 100 valence electrons. The zero-order chi connectivity index (χ0) is 14.4. The van der Waals surface area contributed by atoms with Crippen molar-refractivity contribution in [2.75, 3.05) is 5.32 Å². The molecule has 0 radical (unpaired) electrons. The summed E-state index contributed by atoms with van der Waals surface area (Å²) in [5.41, 5.74) is 1.18. The quantitative estimate of drug-likeness (QED) is 0.645. The largest absolute Gasteiger partial charge is 0.478 e. The lowest BCUT2D eigenvalue weighted by atomic mass is 10.1. The molecule has 20 heavy (non-hydrogen) atoms. The summed E-state index contributed by atoms with van der Waals surface area (Å²) in [7, 11) is 0. The molecule has 0 aliphatic rings. The summed E-state index contributed by atoms with van der Waals surface area (Å²) in [6.07, 6.45) is 2.81. The van der Waals surface area contributed by atoms with Crippen LogP contribution >= 0.6 is 0 Å². The van der Waals surface area contributed by atoms with Crippen LogP contribution in [0.15, 0.2) is 66.9 Å². The predicted molar refractivity (Wildman–Crippen MR) is 76.9 cm³/mol. The Morgan fingerprint density at radius 3 is 2.30 bits per heavy atom. The summed E-state index contributed by atoms with van der Waals surface area (Å²) in [4.78, 5) is 22.8. The zero-order valence-corrected chi connectivity index (χ0v) is 10.6. The Morgan fingerprint density at radius 1 is 0.950 bits per heavy atom. The van der Waals surface area contributed by atoms with Crippen LogP contribution < -0.4 is 5.32 Å². The number of carbonyl (C=O) groups excluding carboxylic acids is 1. The molecule has 0 saturated heterocycles. The van der Waals surface area contributed by atoms with Crippen LogP contribution in [0.4, 0.5) is 5.69 Å². The lowest BCUT2D eigenvalue weighted by Crippen LogP contribution is -2.02. The van der Waals surface area contributed by atoms with E-state index in [0.29, 0.717) is 11.3 Å². The Labute approximate surface area is 116 Å². The van der Waals surface area contributed by atoms with Crippen molar-refractivity contribution in [1.29, 1.82) is 0 Å². The molecule has 0 spiro atoms. The van der Waals surface area contributed by atoms with Crippen LogP contribution in [0.1, 0.15) is 20.7 Å². The van der Waals surface area contributed by atoms with Gasteiger partial charge in [-0.25, -0.2) is 4.79 Å². The van der Waals surface area contributed by atoms with Crippen LogP contribution in [-0.4, -0.2) is 16.9 Å². The molecule has 0 amide bonds. The number of ketones is 1. The van der Waals surface area contributed by atoms with Gasteiger partial charge in [-0.3, -0.25) is 4.79 Å². The Hall–Kier alpha value is -2.88. The fourth-order valence-electron chi connectivity index (χ4n) is 1.70. The number of benzene rings is 2. The number of carboxylic acids is 1. The third kappa shape index (κ3) is 3.32. The molecular weight excluding hydrogens is 254 g/mol. The fourth-order valence-corrected chi connectivity index (χ4v) is 1.70. The Balaban J connectivity index is 2.08. The van der Waals surface area contributed by atoms with E-state index >= 15 is 0 Å². The highest BCUT2D eigenvalue weighted by Crippen LogP contribution is 2.14. The van der Waals surface area contributed by atoms with Crippen molar-refractivity contribution < 1.29 is 14.7 Å². The second-order valence-electron chi connectivity index (χ2n) is 4.06. The van der Waals surface area contributed by atoms with Gasteiger partial charge in [0.2, 0.25) is 0 Å². The van der Waals surface area contributed by atoms with Gasteiger partial charge in [-0.05, 0) is 12.1 Å². The molecule has 0 atom stereocenters. The minimum atomic E-state index is -1.02. The van der Waals surface area contributed by atoms with Crippen molar-refractivity contribution in [3.05, 3.63) is 78.0 Å². The number of carbonyl (C=O) groups is 2. The van der Waals surface area contributed by atoms with Gasteiger partial charge in [-0.1, -0.05) is 42.5 Å². The van der Waals surface area contributed by atoms with Gasteiger partial charge >= 0.3 is 5.97 Å². The van der Waals surface area contributed by atoms with Gasteiger partial charge in [-0.2, -0.15) is 0 Å². The number of hydrogen-bond donors (Lipinski definition) is 2. The first-order chi connectivity index (χ1) is 9.68. The van der Waals surface area contributed by atoms with Gasteiger partial charge in [0, 0.05) is 17.8 Å². The molecule has 2 N–H and O–H groups in total. The van der Waals surface area contributed by atoms with E-state index in [1.165, 1.54) is 18.3 Å². The van der Waals surface area contributed by atoms with E-state index in [2.05, 4.69) is 5.32 Å². The lowest BCUT2D eigenvalue weighted by molar-refractivity contribution is 0.0698. The van der Waals surface area contributed by atoms with Gasteiger partial charge in [0.25, 0.3) is 0 Å². The minimum Gasteiger partial charge on any atom is -0.478 e. The first-order valence-electron chi connectivity index (χ1n) is 6.03. The fraction of sp³-hybridized carbons (Fsp3) is 0. The first kappa shape index (κ1) is 13.5. The summed E-state index contributed by atoms with van der Waals surface area (Å²) >= 11 is 0. The van der Waals surface area contributed by atoms with Gasteiger partial charge < -0.3 is 10.4 Å². The molecule has 0 aliphatic heterocycles. The van der Waals surface area contributed by atoms with Crippen molar-refractivity contribution in [3.8, 4) is 0 Å². The summed E-state index contributed by atoms with van der Waals surface area (Å²) < 4.78 is 0. The van der Waals surface area contributed by atoms with Gasteiger partial charge in [-0.15, -0.1) is 0 Å². The molecule has 0 fully saturated rings. The molecule has 2 rings (SSSR count). The summed E-state index contributed by atoms with van der Waals surface area (Å²) in [6.45, 7) is 0. The van der Waals surface area contributed by atoms with E-state index in [9.17, 15) is 9.59 Å². The standard InChI is InChI=1S/C16H13NO3/c18-15(12-6-2-1-3-7-12)10-11-17-14-9-5-4-8-13(14)16(19)20/h1-11,17H,(H,19,20)/b11-10+. The molecule has 4 heteroatoms. The number of hydrogen-bond acceptors (Lipinski definition) is 3. The van der Waals surface area contributed by atoms with Crippen LogP contribution in [0.3, 0.4) is 0 Å². The van der Waals surface area contributed by atoms with Crippen LogP contribution in [0, 0.1) is 0 Å². The molecule has 0 bridgehead atoms. The summed E-state index contributed by atoms with van der Waals surface area (Å²) in [5, 5.41) is 11.8. The maximum absolute atomic E-state index is 11.8. The highest BCUT2D eigenvalue weighted by Gasteiger charge is 2.07. The maximum Gasteiger partial charge on any atom is 0.337 e. The molecule has 0 aliphatic carbocycles. The van der Waals surface area contributed by atoms with E-state index in [4.69, 9.17) is 5.11 Å². The second-order valence-corrected chi connectivity index (χ2v) is 4.06. The Bertz CT molecular complexity index is 648. The normalized spacial score (nSPS) is 10.4. The van der Waals surface area contributed by atoms with Crippen molar-refractivity contribution in [2.24, 2.45) is 0 Å². The van der Waals surface area contributed by atoms with Crippen molar-refractivity contribution >= 4 is 17.4 Å². The van der Waals surface area contributed by atoms with Crippen molar-refractivity contribution in [2.45, 2.75) is 0 Å². The molecule has 0 unspecified atom stereocenters. The van der Waals surface area contributed by atoms with Gasteiger partial charge in [0.15, 0.2) is 5.78 Å². The monoisotopic (exact) mass is 267 g/mol. The molecule has 2 aromatic carbocycles. The topological polar surface area (TPSA) is 66.4 Å². The average molecular weight is 267 g/mol. The number of carboxylic acid groups (broad SMARTS) is 1. The maximum atomic E-state index is 11.8. The highest BCUT2D eigenvalue weighted by molar-refractivity contribution is 6.04. The number of nitrogens with one attached hydrogen (secondary N) is 1. The van der Waals surface area contributed by atoms with E-state index < -0.39 is 5.97 Å². The lowest BCUT2D eigenvalue weighted by Gasteiger charge is -2.04. The summed E-state index contributed by atoms with van der Waals surface area (Å²) in [5.74, 6) is -1.17. The number of rotatable bonds is 5. The van der Waals surface area contributed by atoms with E-state index in [1.54, 1.807) is 42.5 Å². The molecule has 0 heterocycles. The predicted octanol–water partition coefficient (Wildman–Crippen LogP) is 3.19.